The number of amides is 1. The first-order chi connectivity index (χ1) is 13.0. The van der Waals surface area contributed by atoms with E-state index in [0.29, 0.717) is 11.0 Å². The Morgan fingerprint density at radius 3 is 2.74 bits per heavy atom. The molecule has 0 bridgehead atoms. The van der Waals surface area contributed by atoms with Crippen LogP contribution in [0.2, 0.25) is 0 Å². The molecule has 0 saturated heterocycles. The van der Waals surface area contributed by atoms with Gasteiger partial charge in [-0.1, -0.05) is 30.3 Å². The van der Waals surface area contributed by atoms with Crippen molar-refractivity contribution in [3.63, 3.8) is 0 Å². The van der Waals surface area contributed by atoms with Crippen molar-refractivity contribution < 1.29 is 18.7 Å². The Kier molecular flexibility index (Phi) is 4.24. The van der Waals surface area contributed by atoms with Crippen LogP contribution < -0.4 is 10.3 Å². The van der Waals surface area contributed by atoms with Crippen molar-refractivity contribution in [1.82, 2.24) is 0 Å². The first-order valence-corrected chi connectivity index (χ1v) is 8.64. The zero-order chi connectivity index (χ0) is 19.0. The van der Waals surface area contributed by atoms with E-state index < -0.39 is 12.6 Å². The highest BCUT2D eigenvalue weighted by molar-refractivity contribution is 5.98. The average Bonchev–Trinajstić information content (AvgIpc) is 3.01. The number of hydrogen-bond acceptors (Lipinski definition) is 5. The second-order valence-electron chi connectivity index (χ2n) is 6.49. The van der Waals surface area contributed by atoms with Gasteiger partial charge >= 0.3 is 5.97 Å². The lowest BCUT2D eigenvalue weighted by atomic mass is 10.1. The van der Waals surface area contributed by atoms with Gasteiger partial charge in [0.05, 0.1) is 5.39 Å². The van der Waals surface area contributed by atoms with Crippen molar-refractivity contribution in [2.24, 2.45) is 0 Å². The summed E-state index contributed by atoms with van der Waals surface area (Å²) in [6.07, 6.45) is 0.759. The first kappa shape index (κ1) is 17.0. The van der Waals surface area contributed by atoms with Crippen LogP contribution in [0.3, 0.4) is 0 Å². The van der Waals surface area contributed by atoms with E-state index >= 15 is 0 Å². The molecular formula is C21H17NO5. The molecule has 136 valence electrons. The third-order valence-corrected chi connectivity index (χ3v) is 4.64. The molecule has 2 heterocycles. The monoisotopic (exact) mass is 363 g/mol. The van der Waals surface area contributed by atoms with Gasteiger partial charge in [0, 0.05) is 17.8 Å². The summed E-state index contributed by atoms with van der Waals surface area (Å²) in [4.78, 5) is 38.6. The molecule has 1 amide bonds. The van der Waals surface area contributed by atoms with Crippen molar-refractivity contribution in [3.8, 4) is 0 Å². The minimum atomic E-state index is -0.841. The molecule has 1 aliphatic rings. The first-order valence-electron chi connectivity index (χ1n) is 8.64. The molecule has 2 aromatic carbocycles. The summed E-state index contributed by atoms with van der Waals surface area (Å²) in [5.74, 6) is -1.38. The van der Waals surface area contributed by atoms with E-state index in [1.807, 2.05) is 31.2 Å². The topological polar surface area (TPSA) is 76.8 Å². The minimum Gasteiger partial charge on any atom is -0.450 e. The molecule has 0 fully saturated rings. The van der Waals surface area contributed by atoms with E-state index in [4.69, 9.17) is 9.15 Å². The maximum Gasteiger partial charge on any atom is 0.374 e. The van der Waals surface area contributed by atoms with Gasteiger partial charge in [0.15, 0.2) is 12.0 Å². The van der Waals surface area contributed by atoms with Crippen LogP contribution in [0, 0.1) is 0 Å². The molecular weight excluding hydrogens is 346 g/mol. The van der Waals surface area contributed by atoms with Crippen LogP contribution >= 0.6 is 0 Å². The summed E-state index contributed by atoms with van der Waals surface area (Å²) in [5.41, 5.74) is 1.89. The second-order valence-corrected chi connectivity index (χ2v) is 6.49. The van der Waals surface area contributed by atoms with E-state index in [1.165, 1.54) is 0 Å². The SMILES string of the molecule is C[C@@H]1Cc2ccccc2N1C(=O)COC(=O)c1cc(=O)c2ccccc2o1. The maximum atomic E-state index is 12.6. The quantitative estimate of drug-likeness (QED) is 0.669. The fourth-order valence-electron chi connectivity index (χ4n) is 3.42. The number of fused-ring (bicyclic) bond motifs is 2. The van der Waals surface area contributed by atoms with Crippen molar-refractivity contribution in [2.45, 2.75) is 19.4 Å². The predicted molar refractivity (Wildman–Crippen MR) is 99.9 cm³/mol. The van der Waals surface area contributed by atoms with Crippen LogP contribution in [0.1, 0.15) is 23.0 Å². The van der Waals surface area contributed by atoms with Crippen LogP contribution in [0.4, 0.5) is 5.69 Å². The number of esters is 1. The number of para-hydroxylation sites is 2. The van der Waals surface area contributed by atoms with E-state index in [9.17, 15) is 14.4 Å². The van der Waals surface area contributed by atoms with Crippen LogP contribution in [0.25, 0.3) is 11.0 Å². The van der Waals surface area contributed by atoms with Gasteiger partial charge in [-0.05, 0) is 37.1 Å². The van der Waals surface area contributed by atoms with Crippen LogP contribution in [0.15, 0.2) is 63.8 Å². The molecule has 0 radical (unpaired) electrons. The molecule has 0 N–H and O–H groups in total. The highest BCUT2D eigenvalue weighted by Gasteiger charge is 2.31. The summed E-state index contributed by atoms with van der Waals surface area (Å²) >= 11 is 0. The van der Waals surface area contributed by atoms with Crippen LogP contribution in [-0.2, 0) is 16.0 Å². The standard InChI is InChI=1S/C21H17NO5/c1-13-10-14-6-2-4-8-16(14)22(13)20(24)12-26-21(25)19-11-17(23)15-7-3-5-9-18(15)27-19/h2-9,11,13H,10,12H2,1H3/t13-/m1/s1. The van der Waals surface area contributed by atoms with E-state index in [0.717, 1.165) is 23.7 Å². The van der Waals surface area contributed by atoms with E-state index in [2.05, 4.69) is 0 Å². The van der Waals surface area contributed by atoms with Crippen molar-refractivity contribution >= 4 is 28.5 Å². The lowest BCUT2D eigenvalue weighted by molar-refractivity contribution is -0.122. The molecule has 1 atom stereocenters. The Labute approximate surface area is 155 Å². The molecule has 0 saturated carbocycles. The predicted octanol–water partition coefficient (Wildman–Crippen LogP) is 2.93. The molecule has 1 aromatic heterocycles. The van der Waals surface area contributed by atoms with Crippen LogP contribution in [-0.4, -0.2) is 24.5 Å². The molecule has 1 aliphatic heterocycles. The summed E-state index contributed by atoms with van der Waals surface area (Å²) in [6.45, 7) is 1.52. The van der Waals surface area contributed by atoms with Gasteiger partial charge in [-0.3, -0.25) is 9.59 Å². The third kappa shape index (κ3) is 3.10. The Hall–Kier alpha value is -3.41. The molecule has 0 unspecified atom stereocenters. The molecule has 3 aromatic rings. The molecule has 0 aliphatic carbocycles. The summed E-state index contributed by atoms with van der Waals surface area (Å²) in [7, 11) is 0. The van der Waals surface area contributed by atoms with E-state index in [-0.39, 0.29) is 23.1 Å². The van der Waals surface area contributed by atoms with Gasteiger partial charge in [-0.15, -0.1) is 0 Å². The minimum absolute atomic E-state index is 0.00722. The van der Waals surface area contributed by atoms with Gasteiger partial charge in [0.2, 0.25) is 5.76 Å². The molecule has 6 nitrogen and oxygen atoms in total. The molecule has 0 spiro atoms. The second kappa shape index (κ2) is 6.72. The summed E-state index contributed by atoms with van der Waals surface area (Å²) in [5, 5.41) is 0.382. The highest BCUT2D eigenvalue weighted by Crippen LogP contribution is 2.31. The van der Waals surface area contributed by atoms with Gasteiger partial charge in [0.1, 0.15) is 5.58 Å². The fraction of sp³-hybridized carbons (Fsp3) is 0.190. The largest absolute Gasteiger partial charge is 0.450 e. The number of rotatable bonds is 3. The summed E-state index contributed by atoms with van der Waals surface area (Å²) in [6, 6.07) is 15.4. The number of hydrogen-bond donors (Lipinski definition) is 0. The number of carbonyl (C=O) groups excluding carboxylic acids is 2. The molecule has 4 rings (SSSR count). The summed E-state index contributed by atoms with van der Waals surface area (Å²) < 4.78 is 10.5. The average molecular weight is 363 g/mol. The van der Waals surface area contributed by atoms with Gasteiger partial charge < -0.3 is 14.1 Å². The number of carbonyl (C=O) groups is 2. The zero-order valence-corrected chi connectivity index (χ0v) is 14.7. The lowest BCUT2D eigenvalue weighted by Gasteiger charge is -2.22. The number of benzene rings is 2. The van der Waals surface area contributed by atoms with Crippen molar-refractivity contribution in [1.29, 1.82) is 0 Å². The Balaban J connectivity index is 1.50. The maximum absolute atomic E-state index is 12.6. The normalized spacial score (nSPS) is 15.6. The number of nitrogens with zero attached hydrogens (tertiary/aromatic N) is 1. The fourth-order valence-corrected chi connectivity index (χ4v) is 3.42. The highest BCUT2D eigenvalue weighted by atomic mass is 16.5. The van der Waals surface area contributed by atoms with Crippen molar-refractivity contribution in [3.05, 3.63) is 76.1 Å². The smallest absolute Gasteiger partial charge is 0.374 e. The molecule has 6 heteroatoms. The third-order valence-electron chi connectivity index (χ3n) is 4.64. The Morgan fingerprint density at radius 1 is 1.15 bits per heavy atom. The van der Waals surface area contributed by atoms with Gasteiger partial charge in [-0.25, -0.2) is 4.79 Å². The lowest BCUT2D eigenvalue weighted by Crippen LogP contribution is -2.38. The van der Waals surface area contributed by atoms with Gasteiger partial charge in [-0.2, -0.15) is 0 Å². The number of ether oxygens (including phenoxy) is 1. The molecule has 27 heavy (non-hydrogen) atoms. The van der Waals surface area contributed by atoms with Gasteiger partial charge in [0.25, 0.3) is 5.91 Å². The Bertz CT molecular complexity index is 1100. The van der Waals surface area contributed by atoms with Crippen molar-refractivity contribution in [2.75, 3.05) is 11.5 Å². The number of anilines is 1. The Morgan fingerprint density at radius 2 is 1.89 bits per heavy atom. The van der Waals surface area contributed by atoms with E-state index in [1.54, 1.807) is 29.2 Å². The van der Waals surface area contributed by atoms with Crippen LogP contribution in [0.5, 0.6) is 0 Å². The zero-order valence-electron chi connectivity index (χ0n) is 14.7.